The van der Waals surface area contributed by atoms with E-state index in [0.717, 1.165) is 10.1 Å². The highest BCUT2D eigenvalue weighted by atomic mass is 35.5. The highest BCUT2D eigenvalue weighted by molar-refractivity contribution is 7.21. The number of carbonyl (C=O) groups excluding carboxylic acids is 1. The van der Waals surface area contributed by atoms with Crippen molar-refractivity contribution in [1.82, 2.24) is 4.90 Å². The maximum atomic E-state index is 12.1. The fraction of sp³-hybridized carbons (Fsp3) is 0.154. The number of fused-ring (bicyclic) bond motifs is 1. The van der Waals surface area contributed by atoms with Gasteiger partial charge in [0.15, 0.2) is 0 Å². The summed E-state index contributed by atoms with van der Waals surface area (Å²) in [6.07, 6.45) is 5.19. The van der Waals surface area contributed by atoms with Gasteiger partial charge in [-0.3, -0.25) is 4.79 Å². The Morgan fingerprint density at radius 1 is 1.61 bits per heavy atom. The summed E-state index contributed by atoms with van der Waals surface area (Å²) in [5.74, 6) is 2.26. The molecule has 0 aliphatic rings. The monoisotopic (exact) mass is 278 g/mol. The molecule has 92 valence electrons. The van der Waals surface area contributed by atoms with Crippen molar-refractivity contribution in [3.63, 3.8) is 0 Å². The van der Waals surface area contributed by atoms with Crippen LogP contribution in [0.5, 0.6) is 0 Å². The van der Waals surface area contributed by atoms with Crippen LogP contribution in [-0.4, -0.2) is 24.4 Å². The van der Waals surface area contributed by atoms with E-state index in [1.54, 1.807) is 19.2 Å². The molecule has 0 atom stereocenters. The van der Waals surface area contributed by atoms with Crippen molar-refractivity contribution in [3.05, 3.63) is 28.1 Å². The molecule has 1 heterocycles. The van der Waals surface area contributed by atoms with Gasteiger partial charge in [0.25, 0.3) is 5.91 Å². The van der Waals surface area contributed by atoms with Crippen LogP contribution in [0, 0.1) is 12.3 Å². The highest BCUT2D eigenvalue weighted by Gasteiger charge is 2.19. The molecule has 0 spiro atoms. The van der Waals surface area contributed by atoms with Gasteiger partial charge in [0.05, 0.1) is 12.2 Å². The van der Waals surface area contributed by atoms with Crippen molar-refractivity contribution in [2.45, 2.75) is 0 Å². The Balaban J connectivity index is 2.49. The number of nitrogens with two attached hydrogens (primary N) is 1. The lowest BCUT2D eigenvalue weighted by Gasteiger charge is -2.12. The molecule has 0 unspecified atom stereocenters. The van der Waals surface area contributed by atoms with Crippen LogP contribution in [0.4, 0.5) is 5.69 Å². The Morgan fingerprint density at radius 3 is 3.00 bits per heavy atom. The maximum Gasteiger partial charge on any atom is 0.266 e. The van der Waals surface area contributed by atoms with Crippen molar-refractivity contribution < 1.29 is 4.79 Å². The second kappa shape index (κ2) is 4.89. The number of carbonyl (C=O) groups is 1. The lowest BCUT2D eigenvalue weighted by molar-refractivity contribution is 0.0818. The van der Waals surface area contributed by atoms with Crippen LogP contribution < -0.4 is 5.73 Å². The summed E-state index contributed by atoms with van der Waals surface area (Å²) < 4.78 is 0.900. The average Bonchev–Trinajstić information content (AvgIpc) is 2.65. The molecule has 2 N–H and O–H groups in total. The Hall–Kier alpha value is -1.70. The Labute approximate surface area is 114 Å². The molecule has 0 radical (unpaired) electrons. The molecule has 0 saturated heterocycles. The van der Waals surface area contributed by atoms with Gasteiger partial charge in [0.2, 0.25) is 0 Å². The number of hydrogen-bond donors (Lipinski definition) is 1. The number of nitrogen functional groups attached to an aromatic ring is 1. The van der Waals surface area contributed by atoms with Gasteiger partial charge in [-0.1, -0.05) is 17.5 Å². The first-order valence-corrected chi connectivity index (χ1v) is 6.40. The van der Waals surface area contributed by atoms with Gasteiger partial charge in [-0.15, -0.1) is 17.8 Å². The number of hydrogen-bond acceptors (Lipinski definition) is 3. The zero-order valence-corrected chi connectivity index (χ0v) is 11.3. The van der Waals surface area contributed by atoms with E-state index in [0.29, 0.717) is 15.6 Å². The second-order valence-electron chi connectivity index (χ2n) is 3.85. The van der Waals surface area contributed by atoms with E-state index >= 15 is 0 Å². The van der Waals surface area contributed by atoms with Crippen LogP contribution in [0.25, 0.3) is 10.1 Å². The van der Waals surface area contributed by atoms with E-state index in [4.69, 9.17) is 23.8 Å². The minimum Gasteiger partial charge on any atom is -0.397 e. The van der Waals surface area contributed by atoms with Gasteiger partial charge in [-0.25, -0.2) is 0 Å². The molecular weight excluding hydrogens is 268 g/mol. The summed E-state index contributed by atoms with van der Waals surface area (Å²) in [7, 11) is 1.65. The van der Waals surface area contributed by atoms with E-state index in [-0.39, 0.29) is 12.5 Å². The van der Waals surface area contributed by atoms with Gasteiger partial charge < -0.3 is 10.6 Å². The fourth-order valence-electron chi connectivity index (χ4n) is 1.63. The summed E-state index contributed by atoms with van der Waals surface area (Å²) in [6.45, 7) is 0.257. The molecule has 18 heavy (non-hydrogen) atoms. The van der Waals surface area contributed by atoms with Crippen molar-refractivity contribution in [3.8, 4) is 12.3 Å². The van der Waals surface area contributed by atoms with Crippen molar-refractivity contribution in [2.24, 2.45) is 0 Å². The smallest absolute Gasteiger partial charge is 0.266 e. The molecule has 1 amide bonds. The molecule has 0 aliphatic heterocycles. The predicted octanol–water partition coefficient (Wildman–Crippen LogP) is 2.84. The summed E-state index contributed by atoms with van der Waals surface area (Å²) >= 11 is 7.25. The zero-order chi connectivity index (χ0) is 13.3. The normalized spacial score (nSPS) is 10.3. The lowest BCUT2D eigenvalue weighted by Crippen LogP contribution is -2.26. The summed E-state index contributed by atoms with van der Waals surface area (Å²) in [5, 5.41) is 1.47. The molecule has 0 bridgehead atoms. The first-order valence-electron chi connectivity index (χ1n) is 5.21. The molecule has 0 fully saturated rings. The van der Waals surface area contributed by atoms with Crippen LogP contribution in [0.3, 0.4) is 0 Å². The summed E-state index contributed by atoms with van der Waals surface area (Å²) in [4.78, 5) is 14.1. The van der Waals surface area contributed by atoms with Crippen LogP contribution in [0.2, 0.25) is 5.02 Å². The first kappa shape index (κ1) is 12.7. The molecule has 3 nitrogen and oxygen atoms in total. The molecule has 1 aromatic carbocycles. The maximum absolute atomic E-state index is 12.1. The average molecular weight is 279 g/mol. The molecule has 5 heteroatoms. The van der Waals surface area contributed by atoms with Gasteiger partial charge in [-0.05, 0) is 18.2 Å². The Morgan fingerprint density at radius 2 is 2.33 bits per heavy atom. The van der Waals surface area contributed by atoms with E-state index in [1.807, 2.05) is 6.07 Å². The first-order chi connectivity index (χ1) is 8.54. The van der Waals surface area contributed by atoms with Gasteiger partial charge >= 0.3 is 0 Å². The van der Waals surface area contributed by atoms with Crippen molar-refractivity contribution >= 4 is 44.6 Å². The minimum absolute atomic E-state index is 0.164. The summed E-state index contributed by atoms with van der Waals surface area (Å²) in [6, 6.07) is 5.38. The topological polar surface area (TPSA) is 46.3 Å². The van der Waals surface area contributed by atoms with Crippen molar-refractivity contribution in [1.29, 1.82) is 0 Å². The van der Waals surface area contributed by atoms with Crippen LogP contribution in [-0.2, 0) is 0 Å². The van der Waals surface area contributed by atoms with E-state index in [1.165, 1.54) is 16.2 Å². The lowest BCUT2D eigenvalue weighted by atomic mass is 10.2. The largest absolute Gasteiger partial charge is 0.397 e. The van der Waals surface area contributed by atoms with E-state index < -0.39 is 0 Å². The Kier molecular flexibility index (Phi) is 3.46. The third-order valence-corrected chi connectivity index (χ3v) is 3.95. The van der Waals surface area contributed by atoms with Crippen LogP contribution in [0.1, 0.15) is 9.67 Å². The quantitative estimate of drug-likeness (QED) is 0.859. The van der Waals surface area contributed by atoms with E-state index in [9.17, 15) is 4.79 Å². The predicted molar refractivity (Wildman–Crippen MR) is 77.0 cm³/mol. The molecule has 1 aromatic heterocycles. The Bertz CT molecular complexity index is 657. The minimum atomic E-state index is -0.164. The van der Waals surface area contributed by atoms with Gasteiger partial charge in [0.1, 0.15) is 4.88 Å². The number of benzene rings is 1. The molecule has 0 saturated carbocycles. The number of rotatable bonds is 2. The zero-order valence-electron chi connectivity index (χ0n) is 9.74. The molecule has 2 aromatic rings. The molecule has 2 rings (SSSR count). The third kappa shape index (κ3) is 2.15. The SMILES string of the molecule is C#CCN(C)C(=O)c1sc2cc(Cl)ccc2c1N. The van der Waals surface area contributed by atoms with Crippen LogP contribution >= 0.6 is 22.9 Å². The highest BCUT2D eigenvalue weighted by Crippen LogP contribution is 2.35. The number of thiophene rings is 1. The number of nitrogens with zero attached hydrogens (tertiary/aromatic N) is 1. The number of halogens is 1. The fourth-order valence-corrected chi connectivity index (χ4v) is 3.02. The van der Waals surface area contributed by atoms with Gasteiger partial charge in [0, 0.05) is 22.2 Å². The molecule has 0 aliphatic carbocycles. The van der Waals surface area contributed by atoms with Gasteiger partial charge in [-0.2, -0.15) is 0 Å². The standard InChI is InChI=1S/C13H11ClN2OS/c1-3-6-16(2)13(17)12-11(15)9-5-4-8(14)7-10(9)18-12/h1,4-5,7H,6,15H2,2H3. The van der Waals surface area contributed by atoms with Crippen LogP contribution in [0.15, 0.2) is 18.2 Å². The molecular formula is C13H11ClN2OS. The third-order valence-electron chi connectivity index (χ3n) is 2.56. The number of amides is 1. The number of terminal acetylenes is 1. The second-order valence-corrected chi connectivity index (χ2v) is 5.34. The summed E-state index contributed by atoms with van der Waals surface area (Å²) in [5.41, 5.74) is 6.48. The number of anilines is 1. The van der Waals surface area contributed by atoms with E-state index in [2.05, 4.69) is 5.92 Å². The van der Waals surface area contributed by atoms with Crippen molar-refractivity contribution in [2.75, 3.05) is 19.3 Å².